The van der Waals surface area contributed by atoms with Crippen LogP contribution in [0.4, 0.5) is 0 Å². The molecule has 0 unspecified atom stereocenters. The third-order valence-electron chi connectivity index (χ3n) is 4.16. The van der Waals surface area contributed by atoms with E-state index >= 15 is 0 Å². The molecule has 0 saturated heterocycles. The largest absolute Gasteiger partial charge is 0.305 e. The van der Waals surface area contributed by atoms with Crippen LogP contribution in [0.1, 0.15) is 18.1 Å². The zero-order valence-corrected chi connectivity index (χ0v) is 16.5. The van der Waals surface area contributed by atoms with E-state index in [2.05, 4.69) is 111 Å². The second kappa shape index (κ2) is 8.88. The summed E-state index contributed by atoms with van der Waals surface area (Å²) in [6, 6.07) is 30.1. The predicted molar refractivity (Wildman–Crippen MR) is 114 cm³/mol. The summed E-state index contributed by atoms with van der Waals surface area (Å²) in [5.74, 6) is 0. The first kappa shape index (κ1) is 18.5. The predicted octanol–water partition coefficient (Wildman–Crippen LogP) is 6.22. The zero-order chi connectivity index (χ0) is 18.4. The Balaban J connectivity index is 1.92. The molecule has 0 amide bonds. The summed E-state index contributed by atoms with van der Waals surface area (Å²) in [5, 5.41) is 0. The molecule has 0 spiro atoms. The van der Waals surface area contributed by atoms with Gasteiger partial charge in [0.1, 0.15) is 0 Å². The molecular weight excluding hydrogens is 334 g/mol. The minimum absolute atomic E-state index is 0.949. The molecule has 2 heteroatoms. The van der Waals surface area contributed by atoms with Gasteiger partial charge in [-0.3, -0.25) is 0 Å². The molecule has 0 saturated carbocycles. The van der Waals surface area contributed by atoms with Crippen LogP contribution in [0.5, 0.6) is 0 Å². The highest BCUT2D eigenvalue weighted by Crippen LogP contribution is 2.31. The first-order valence-corrected chi connectivity index (χ1v) is 9.68. The summed E-state index contributed by atoms with van der Waals surface area (Å²) in [6.07, 6.45) is 0. The van der Waals surface area contributed by atoms with Gasteiger partial charge in [-0.15, -0.1) is 0 Å². The van der Waals surface area contributed by atoms with E-state index in [0.29, 0.717) is 0 Å². The third-order valence-corrected chi connectivity index (χ3v) is 5.18. The van der Waals surface area contributed by atoms with E-state index in [1.807, 2.05) is 0 Å². The van der Waals surface area contributed by atoms with E-state index in [4.69, 9.17) is 0 Å². The summed E-state index contributed by atoms with van der Waals surface area (Å²) in [5.41, 5.74) is 5.25. The van der Waals surface area contributed by atoms with Crippen LogP contribution >= 0.6 is 11.8 Å². The molecule has 1 nitrogen and oxygen atoms in total. The summed E-state index contributed by atoms with van der Waals surface area (Å²) < 4.78 is 0. The van der Waals surface area contributed by atoms with Crippen LogP contribution in [-0.2, 0) is 0 Å². The Hall–Kier alpha value is -2.29. The number of rotatable bonds is 6. The van der Waals surface area contributed by atoms with Gasteiger partial charge in [0.25, 0.3) is 0 Å². The third kappa shape index (κ3) is 4.87. The first-order valence-electron chi connectivity index (χ1n) is 8.87. The van der Waals surface area contributed by atoms with Gasteiger partial charge < -0.3 is 4.90 Å². The molecule has 3 rings (SSSR count). The van der Waals surface area contributed by atoms with E-state index in [9.17, 15) is 0 Å². The molecule has 26 heavy (non-hydrogen) atoms. The van der Waals surface area contributed by atoms with Crippen molar-refractivity contribution in [2.24, 2.45) is 0 Å². The number of likely N-dealkylation sites (N-methyl/N-ethyl adjacent to an activating group) is 1. The number of nitrogens with zero attached hydrogens (tertiary/aromatic N) is 1. The van der Waals surface area contributed by atoms with Gasteiger partial charge in [-0.05, 0) is 62.0 Å². The maximum atomic E-state index is 2.24. The van der Waals surface area contributed by atoms with Crippen LogP contribution in [-0.4, -0.2) is 25.5 Å². The molecule has 0 bridgehead atoms. The minimum Gasteiger partial charge on any atom is -0.305 e. The van der Waals surface area contributed by atoms with Crippen molar-refractivity contribution in [3.63, 3.8) is 0 Å². The maximum Gasteiger partial charge on any atom is 0.0193 e. The van der Waals surface area contributed by atoms with Gasteiger partial charge in [0, 0.05) is 16.3 Å². The lowest BCUT2D eigenvalue weighted by molar-refractivity contribution is 0.446. The number of benzene rings is 3. The molecule has 0 fully saturated rings. The van der Waals surface area contributed by atoms with E-state index in [0.717, 1.165) is 6.54 Å². The number of hydrogen-bond donors (Lipinski definition) is 0. The Bertz CT molecular complexity index is 850. The molecule has 3 aromatic rings. The molecule has 0 aliphatic carbocycles. The van der Waals surface area contributed by atoms with Gasteiger partial charge in [0.15, 0.2) is 0 Å². The second-order valence-corrected chi connectivity index (χ2v) is 7.85. The molecule has 0 radical (unpaired) electrons. The Labute approximate surface area is 161 Å². The molecule has 0 aliphatic heterocycles. The van der Waals surface area contributed by atoms with Gasteiger partial charge in [-0.1, -0.05) is 78.0 Å². The van der Waals surface area contributed by atoms with Crippen molar-refractivity contribution in [3.05, 3.63) is 102 Å². The van der Waals surface area contributed by atoms with Gasteiger partial charge in [-0.2, -0.15) is 0 Å². The van der Waals surface area contributed by atoms with Crippen LogP contribution in [0.25, 0.3) is 5.57 Å². The van der Waals surface area contributed by atoms with E-state index in [1.165, 1.54) is 32.1 Å². The van der Waals surface area contributed by atoms with Gasteiger partial charge in [-0.25, -0.2) is 0 Å². The Morgan fingerprint density at radius 3 is 1.77 bits per heavy atom. The standard InChI is InChI=1S/C24H25NS/c1-19(18-25(2)3)24(20-10-6-4-7-11-20)21-14-16-23(17-15-21)26-22-12-8-5-9-13-22/h4-17H,18H2,1-3H3. The Kier molecular flexibility index (Phi) is 6.32. The van der Waals surface area contributed by atoms with Crippen LogP contribution in [0, 0.1) is 0 Å². The Morgan fingerprint density at radius 1 is 0.692 bits per heavy atom. The summed E-state index contributed by atoms with van der Waals surface area (Å²) in [4.78, 5) is 4.75. The molecule has 0 heterocycles. The minimum atomic E-state index is 0.949. The van der Waals surface area contributed by atoms with Crippen LogP contribution in [0.2, 0.25) is 0 Å². The van der Waals surface area contributed by atoms with Crippen molar-refractivity contribution < 1.29 is 0 Å². The fourth-order valence-electron chi connectivity index (χ4n) is 3.13. The molecule has 0 aromatic heterocycles. The molecule has 0 N–H and O–H groups in total. The van der Waals surface area contributed by atoms with Crippen LogP contribution < -0.4 is 0 Å². The van der Waals surface area contributed by atoms with Gasteiger partial charge in [0.2, 0.25) is 0 Å². The van der Waals surface area contributed by atoms with E-state index < -0.39 is 0 Å². The molecule has 132 valence electrons. The summed E-state index contributed by atoms with van der Waals surface area (Å²) in [7, 11) is 4.23. The number of hydrogen-bond acceptors (Lipinski definition) is 2. The quantitative estimate of drug-likeness (QED) is 0.514. The highest BCUT2D eigenvalue weighted by atomic mass is 32.2. The fourth-order valence-corrected chi connectivity index (χ4v) is 3.97. The van der Waals surface area contributed by atoms with Crippen molar-refractivity contribution in [3.8, 4) is 0 Å². The average molecular weight is 360 g/mol. The van der Waals surface area contributed by atoms with E-state index in [-0.39, 0.29) is 0 Å². The topological polar surface area (TPSA) is 3.24 Å². The smallest absolute Gasteiger partial charge is 0.0193 e. The summed E-state index contributed by atoms with van der Waals surface area (Å²) in [6.45, 7) is 3.18. The lowest BCUT2D eigenvalue weighted by atomic mass is 9.93. The molecule has 3 aromatic carbocycles. The van der Waals surface area contributed by atoms with E-state index in [1.54, 1.807) is 11.8 Å². The molecule has 0 atom stereocenters. The maximum absolute atomic E-state index is 2.24. The van der Waals surface area contributed by atoms with Gasteiger partial charge >= 0.3 is 0 Å². The lowest BCUT2D eigenvalue weighted by Crippen LogP contribution is -2.15. The van der Waals surface area contributed by atoms with Crippen molar-refractivity contribution >= 4 is 17.3 Å². The normalized spacial score (nSPS) is 12.2. The Morgan fingerprint density at radius 2 is 1.19 bits per heavy atom. The van der Waals surface area contributed by atoms with Gasteiger partial charge in [0.05, 0.1) is 0 Å². The molecule has 0 aliphatic rings. The van der Waals surface area contributed by atoms with Crippen molar-refractivity contribution in [2.75, 3.05) is 20.6 Å². The van der Waals surface area contributed by atoms with Crippen molar-refractivity contribution in [2.45, 2.75) is 16.7 Å². The highest BCUT2D eigenvalue weighted by molar-refractivity contribution is 7.99. The van der Waals surface area contributed by atoms with Crippen LogP contribution in [0.3, 0.4) is 0 Å². The SMILES string of the molecule is CC(CN(C)C)=C(c1ccccc1)c1ccc(Sc2ccccc2)cc1. The first-order chi connectivity index (χ1) is 12.6. The summed E-state index contributed by atoms with van der Waals surface area (Å²) >= 11 is 1.80. The zero-order valence-electron chi connectivity index (χ0n) is 15.6. The average Bonchev–Trinajstić information content (AvgIpc) is 2.64. The second-order valence-electron chi connectivity index (χ2n) is 6.70. The highest BCUT2D eigenvalue weighted by Gasteiger charge is 2.10. The monoisotopic (exact) mass is 359 g/mol. The van der Waals surface area contributed by atoms with Crippen molar-refractivity contribution in [1.29, 1.82) is 0 Å². The lowest BCUT2D eigenvalue weighted by Gasteiger charge is -2.17. The molecular formula is C24H25NS. The van der Waals surface area contributed by atoms with Crippen LogP contribution in [0.15, 0.2) is 100 Å². The van der Waals surface area contributed by atoms with Crippen molar-refractivity contribution in [1.82, 2.24) is 4.90 Å². The fraction of sp³-hybridized carbons (Fsp3) is 0.167.